The monoisotopic (exact) mass is 384 g/mol. The van der Waals surface area contributed by atoms with E-state index in [4.69, 9.17) is 27.9 Å². The van der Waals surface area contributed by atoms with Gasteiger partial charge in [-0.05, 0) is 32.9 Å². The first-order chi connectivity index (χ1) is 11.5. The summed E-state index contributed by atoms with van der Waals surface area (Å²) < 4.78 is 3.97. The van der Waals surface area contributed by atoms with E-state index < -0.39 is 33.8 Å². The lowest BCUT2D eigenvalue weighted by atomic mass is 9.96. The lowest BCUT2D eigenvalue weighted by Gasteiger charge is -2.41. The standard InChI is InChI=1S/C17H18Cl2N2O4/c1-15(2)13(23)20-10-6-4-5-7-11(10)21(15)12(22)8-25-14(24)16(3)9-17(16,18)19/h4-7H,8-9H2,1-3H3,(H,20,23)/t16-/m1/s1. The van der Waals surface area contributed by atoms with Gasteiger partial charge in [-0.2, -0.15) is 0 Å². The predicted octanol–water partition coefficient (Wildman–Crippen LogP) is 2.88. The first-order valence-electron chi connectivity index (χ1n) is 7.79. The molecule has 8 heteroatoms. The second-order valence-corrected chi connectivity index (χ2v) is 8.53. The molecule has 3 rings (SSSR count). The molecule has 1 aliphatic heterocycles. The fourth-order valence-electron chi connectivity index (χ4n) is 2.87. The number of halogens is 2. The number of hydrogen-bond acceptors (Lipinski definition) is 4. The summed E-state index contributed by atoms with van der Waals surface area (Å²) in [4.78, 5) is 38.6. The summed E-state index contributed by atoms with van der Waals surface area (Å²) in [6, 6.07) is 6.95. The minimum absolute atomic E-state index is 0.274. The van der Waals surface area contributed by atoms with Crippen molar-refractivity contribution >= 4 is 52.4 Å². The van der Waals surface area contributed by atoms with E-state index in [9.17, 15) is 14.4 Å². The molecule has 1 aromatic rings. The van der Waals surface area contributed by atoms with Gasteiger partial charge in [0.1, 0.15) is 15.3 Å². The maximum atomic E-state index is 12.7. The van der Waals surface area contributed by atoms with E-state index in [-0.39, 0.29) is 12.3 Å². The number of fused-ring (bicyclic) bond motifs is 1. The van der Waals surface area contributed by atoms with Crippen molar-refractivity contribution < 1.29 is 19.1 Å². The number of amides is 2. The second-order valence-electron chi connectivity index (χ2n) is 7.05. The van der Waals surface area contributed by atoms with Crippen LogP contribution in [0.2, 0.25) is 0 Å². The van der Waals surface area contributed by atoms with Crippen LogP contribution in [-0.2, 0) is 19.1 Å². The molecule has 1 fully saturated rings. The highest BCUT2D eigenvalue weighted by Gasteiger charge is 2.69. The molecule has 0 unspecified atom stereocenters. The smallest absolute Gasteiger partial charge is 0.315 e. The van der Waals surface area contributed by atoms with Gasteiger partial charge in [0.25, 0.3) is 5.91 Å². The van der Waals surface area contributed by atoms with Crippen molar-refractivity contribution in [1.82, 2.24) is 0 Å². The molecule has 134 valence electrons. The van der Waals surface area contributed by atoms with Gasteiger partial charge >= 0.3 is 5.97 Å². The summed E-state index contributed by atoms with van der Waals surface area (Å²) in [5.41, 5.74) is -1.05. The predicted molar refractivity (Wildman–Crippen MR) is 94.8 cm³/mol. The SMILES string of the molecule is CC1(C)C(=O)Nc2ccccc2N1C(=O)COC(=O)[C@@]1(C)CC1(Cl)Cl. The maximum Gasteiger partial charge on any atom is 0.315 e. The summed E-state index contributed by atoms with van der Waals surface area (Å²) in [6.07, 6.45) is 0.274. The van der Waals surface area contributed by atoms with Crippen molar-refractivity contribution in [2.45, 2.75) is 37.1 Å². The summed E-state index contributed by atoms with van der Waals surface area (Å²) in [6.45, 7) is 4.35. The molecule has 1 atom stereocenters. The van der Waals surface area contributed by atoms with Crippen molar-refractivity contribution in [1.29, 1.82) is 0 Å². The van der Waals surface area contributed by atoms with E-state index in [2.05, 4.69) is 5.32 Å². The number of carbonyl (C=O) groups is 3. The fourth-order valence-corrected chi connectivity index (χ4v) is 3.56. The maximum absolute atomic E-state index is 12.7. The average Bonchev–Trinajstić information content (AvgIpc) is 3.05. The van der Waals surface area contributed by atoms with Crippen LogP contribution >= 0.6 is 23.2 Å². The molecule has 0 radical (unpaired) electrons. The average molecular weight is 385 g/mol. The lowest BCUT2D eigenvalue weighted by molar-refractivity contribution is -0.153. The zero-order valence-electron chi connectivity index (χ0n) is 14.1. The number of nitrogens with zero attached hydrogens (tertiary/aromatic N) is 1. The molecule has 1 N–H and O–H groups in total. The topological polar surface area (TPSA) is 75.7 Å². The number of carbonyl (C=O) groups excluding carboxylic acids is 3. The Balaban J connectivity index is 1.79. The number of ether oxygens (including phenoxy) is 1. The van der Waals surface area contributed by atoms with E-state index in [0.29, 0.717) is 11.4 Å². The van der Waals surface area contributed by atoms with E-state index >= 15 is 0 Å². The Labute approximate surface area is 155 Å². The minimum Gasteiger partial charge on any atom is -0.455 e. The van der Waals surface area contributed by atoms with Gasteiger partial charge in [-0.15, -0.1) is 23.2 Å². The molecule has 2 aliphatic rings. The molecular weight excluding hydrogens is 367 g/mol. The van der Waals surface area contributed by atoms with Crippen LogP contribution in [-0.4, -0.2) is 34.3 Å². The largest absolute Gasteiger partial charge is 0.455 e. The van der Waals surface area contributed by atoms with Gasteiger partial charge in [0.05, 0.1) is 11.4 Å². The highest BCUT2D eigenvalue weighted by molar-refractivity contribution is 6.53. The van der Waals surface area contributed by atoms with Crippen LogP contribution in [0.15, 0.2) is 24.3 Å². The van der Waals surface area contributed by atoms with Gasteiger partial charge in [0.2, 0.25) is 5.91 Å². The Morgan fingerprint density at radius 3 is 2.44 bits per heavy atom. The third-order valence-corrected chi connectivity index (χ3v) is 5.89. The quantitative estimate of drug-likeness (QED) is 0.641. The lowest BCUT2D eigenvalue weighted by Crippen LogP contribution is -2.59. The molecule has 1 saturated carbocycles. The number of benzene rings is 1. The van der Waals surface area contributed by atoms with E-state index in [1.54, 1.807) is 45.0 Å². The molecule has 1 aromatic carbocycles. The number of rotatable bonds is 3. The Morgan fingerprint density at radius 2 is 1.84 bits per heavy atom. The summed E-state index contributed by atoms with van der Waals surface area (Å²) in [5.74, 6) is -1.45. The van der Waals surface area contributed by atoms with E-state index in [1.807, 2.05) is 0 Å². The number of para-hydroxylation sites is 2. The number of alkyl halides is 2. The van der Waals surface area contributed by atoms with Gasteiger partial charge in [-0.25, -0.2) is 0 Å². The molecule has 25 heavy (non-hydrogen) atoms. The van der Waals surface area contributed by atoms with Gasteiger partial charge < -0.3 is 10.1 Å². The van der Waals surface area contributed by atoms with E-state index in [0.717, 1.165) is 0 Å². The van der Waals surface area contributed by atoms with Gasteiger partial charge in [-0.1, -0.05) is 12.1 Å². The van der Waals surface area contributed by atoms with Crippen molar-refractivity contribution in [3.05, 3.63) is 24.3 Å². The third kappa shape index (κ3) is 2.77. The number of hydrogen-bond donors (Lipinski definition) is 1. The molecule has 2 amide bonds. The Hall–Kier alpha value is -1.79. The molecule has 0 aromatic heterocycles. The van der Waals surface area contributed by atoms with Gasteiger partial charge in [-0.3, -0.25) is 19.3 Å². The molecule has 6 nitrogen and oxygen atoms in total. The van der Waals surface area contributed by atoms with Crippen LogP contribution < -0.4 is 10.2 Å². The summed E-state index contributed by atoms with van der Waals surface area (Å²) >= 11 is 11.9. The van der Waals surface area contributed by atoms with Crippen molar-refractivity contribution in [2.24, 2.45) is 5.41 Å². The minimum atomic E-state index is -1.16. The highest BCUT2D eigenvalue weighted by Crippen LogP contribution is 2.64. The van der Waals surface area contributed by atoms with Gasteiger partial charge in [0, 0.05) is 6.42 Å². The van der Waals surface area contributed by atoms with Crippen LogP contribution in [0.1, 0.15) is 27.2 Å². The number of esters is 1. The zero-order valence-corrected chi connectivity index (χ0v) is 15.6. The van der Waals surface area contributed by atoms with Crippen LogP contribution in [0.5, 0.6) is 0 Å². The van der Waals surface area contributed by atoms with E-state index in [1.165, 1.54) is 4.90 Å². The third-order valence-electron chi connectivity index (χ3n) is 4.79. The first kappa shape index (κ1) is 18.0. The highest BCUT2D eigenvalue weighted by atomic mass is 35.5. The first-order valence-corrected chi connectivity index (χ1v) is 8.55. The number of nitrogens with one attached hydrogen (secondary N) is 1. The molecule has 1 heterocycles. The summed E-state index contributed by atoms with van der Waals surface area (Å²) in [5, 5.41) is 2.77. The Bertz CT molecular complexity index is 778. The fraction of sp³-hybridized carbons (Fsp3) is 0.471. The van der Waals surface area contributed by atoms with Crippen molar-refractivity contribution in [2.75, 3.05) is 16.8 Å². The van der Waals surface area contributed by atoms with Crippen molar-refractivity contribution in [3.63, 3.8) is 0 Å². The second kappa shape index (κ2) is 5.61. The van der Waals surface area contributed by atoms with Crippen LogP contribution in [0.4, 0.5) is 11.4 Å². The zero-order chi connectivity index (χ0) is 18.6. The molecule has 0 spiro atoms. The molecular formula is C17H18Cl2N2O4. The normalized spacial score (nSPS) is 25.6. The Morgan fingerprint density at radius 1 is 1.24 bits per heavy atom. The van der Waals surface area contributed by atoms with Crippen LogP contribution in [0, 0.1) is 5.41 Å². The molecule has 1 aliphatic carbocycles. The van der Waals surface area contributed by atoms with Crippen LogP contribution in [0.25, 0.3) is 0 Å². The molecule has 0 saturated heterocycles. The number of anilines is 2. The summed E-state index contributed by atoms with van der Waals surface area (Å²) in [7, 11) is 0. The van der Waals surface area contributed by atoms with Crippen molar-refractivity contribution in [3.8, 4) is 0 Å². The molecule has 0 bridgehead atoms. The van der Waals surface area contributed by atoms with Gasteiger partial charge in [0.15, 0.2) is 6.61 Å². The Kier molecular flexibility index (Phi) is 4.04. The van der Waals surface area contributed by atoms with Crippen LogP contribution in [0.3, 0.4) is 0 Å².